The van der Waals surface area contributed by atoms with E-state index in [9.17, 15) is 0 Å². The third-order valence-electron chi connectivity index (χ3n) is 4.39. The molecule has 136 valence electrons. The molecule has 1 fully saturated rings. The summed E-state index contributed by atoms with van der Waals surface area (Å²) in [5.41, 5.74) is 1.13. The molecule has 1 saturated heterocycles. The molecule has 1 atom stereocenters. The molecule has 24 heavy (non-hydrogen) atoms. The molecule has 0 aliphatic carbocycles. The molecule has 1 aromatic heterocycles. The van der Waals surface area contributed by atoms with E-state index in [1.165, 1.54) is 6.42 Å². The van der Waals surface area contributed by atoms with E-state index in [4.69, 9.17) is 4.74 Å². The van der Waals surface area contributed by atoms with Gasteiger partial charge in [0.2, 0.25) is 0 Å². The van der Waals surface area contributed by atoms with E-state index in [2.05, 4.69) is 39.5 Å². The number of aliphatic imine (C=N–C) groups is 1. The minimum Gasteiger partial charge on any atom is -0.379 e. The number of nitrogens with one attached hydrogen (secondary N) is 2. The van der Waals surface area contributed by atoms with Crippen molar-refractivity contribution in [3.05, 3.63) is 18.0 Å². The monoisotopic (exact) mass is 336 g/mol. The predicted molar refractivity (Wildman–Crippen MR) is 97.0 cm³/mol. The average molecular weight is 336 g/mol. The van der Waals surface area contributed by atoms with Crippen molar-refractivity contribution >= 4 is 5.96 Å². The van der Waals surface area contributed by atoms with E-state index in [1.807, 2.05) is 31.0 Å². The molecule has 7 heteroatoms. The number of aryl methyl sites for hydroxylation is 1. The Labute approximate surface area is 145 Å². The first-order chi connectivity index (χ1) is 11.6. The minimum absolute atomic E-state index is 0.504. The Morgan fingerprint density at radius 1 is 1.33 bits per heavy atom. The maximum absolute atomic E-state index is 5.49. The van der Waals surface area contributed by atoms with Crippen molar-refractivity contribution in [1.29, 1.82) is 0 Å². The van der Waals surface area contributed by atoms with Crippen LogP contribution in [0.3, 0.4) is 0 Å². The molecular weight excluding hydrogens is 304 g/mol. The lowest BCUT2D eigenvalue weighted by Gasteiger charge is -2.35. The number of nitrogens with zero attached hydrogens (tertiary/aromatic N) is 4. The van der Waals surface area contributed by atoms with Gasteiger partial charge in [-0.05, 0) is 18.4 Å². The van der Waals surface area contributed by atoms with Crippen LogP contribution in [0.15, 0.2) is 17.3 Å². The van der Waals surface area contributed by atoms with Crippen LogP contribution < -0.4 is 10.6 Å². The highest BCUT2D eigenvalue weighted by Gasteiger charge is 2.22. The average Bonchev–Trinajstić information content (AvgIpc) is 2.99. The number of guanidine groups is 1. The summed E-state index contributed by atoms with van der Waals surface area (Å²) in [5, 5.41) is 11.0. The summed E-state index contributed by atoms with van der Waals surface area (Å²) in [4.78, 5) is 6.87. The summed E-state index contributed by atoms with van der Waals surface area (Å²) in [5.74, 6) is 1.50. The predicted octanol–water partition coefficient (Wildman–Crippen LogP) is 0.832. The number of rotatable bonds is 7. The SMILES string of the molecule is CN=C(NCc1ccnn1C)NCC(CC(C)C)N1CCOCC1. The first kappa shape index (κ1) is 18.7. The van der Waals surface area contributed by atoms with Gasteiger partial charge in [-0.15, -0.1) is 0 Å². The lowest BCUT2D eigenvalue weighted by molar-refractivity contribution is 0.0132. The van der Waals surface area contributed by atoms with Gasteiger partial charge in [-0.25, -0.2) is 0 Å². The van der Waals surface area contributed by atoms with Gasteiger partial charge in [0.05, 0.1) is 25.5 Å². The lowest BCUT2D eigenvalue weighted by atomic mass is 10.0. The van der Waals surface area contributed by atoms with Crippen molar-refractivity contribution in [1.82, 2.24) is 25.3 Å². The van der Waals surface area contributed by atoms with Crippen molar-refractivity contribution in [2.24, 2.45) is 18.0 Å². The van der Waals surface area contributed by atoms with Crippen molar-refractivity contribution in [2.75, 3.05) is 39.9 Å². The molecule has 1 aliphatic heterocycles. The normalized spacial score (nSPS) is 18.0. The van der Waals surface area contributed by atoms with Crippen LogP contribution in [0.4, 0.5) is 0 Å². The highest BCUT2D eigenvalue weighted by molar-refractivity contribution is 5.79. The molecule has 0 bridgehead atoms. The van der Waals surface area contributed by atoms with Crippen LogP contribution in [0.25, 0.3) is 0 Å². The van der Waals surface area contributed by atoms with Crippen LogP contribution in [0, 0.1) is 5.92 Å². The van der Waals surface area contributed by atoms with Gasteiger partial charge in [-0.1, -0.05) is 13.8 Å². The van der Waals surface area contributed by atoms with Gasteiger partial charge in [0.1, 0.15) is 0 Å². The molecule has 0 radical (unpaired) electrons. The first-order valence-corrected chi connectivity index (χ1v) is 8.83. The summed E-state index contributed by atoms with van der Waals surface area (Å²) in [6.07, 6.45) is 2.98. The molecule has 2 heterocycles. The van der Waals surface area contributed by atoms with Crippen molar-refractivity contribution in [3.8, 4) is 0 Å². The van der Waals surface area contributed by atoms with Crippen LogP contribution in [0.5, 0.6) is 0 Å². The van der Waals surface area contributed by atoms with Crippen molar-refractivity contribution in [2.45, 2.75) is 32.9 Å². The fourth-order valence-corrected chi connectivity index (χ4v) is 3.03. The molecule has 0 amide bonds. The Kier molecular flexibility index (Phi) is 7.52. The summed E-state index contributed by atoms with van der Waals surface area (Å²) in [6, 6.07) is 2.51. The van der Waals surface area contributed by atoms with Gasteiger partial charge in [-0.3, -0.25) is 14.6 Å². The second kappa shape index (κ2) is 9.64. The Morgan fingerprint density at radius 2 is 2.08 bits per heavy atom. The zero-order valence-electron chi connectivity index (χ0n) is 15.5. The standard InChI is InChI=1S/C17H32N6O/c1-14(2)11-16(23-7-9-24-10-8-23)13-20-17(18-3)19-12-15-5-6-21-22(15)4/h5-6,14,16H,7-13H2,1-4H3,(H2,18,19,20). The van der Waals surface area contributed by atoms with Gasteiger partial charge in [-0.2, -0.15) is 5.10 Å². The number of aromatic nitrogens is 2. The van der Waals surface area contributed by atoms with Crippen LogP contribution >= 0.6 is 0 Å². The van der Waals surface area contributed by atoms with Gasteiger partial charge >= 0.3 is 0 Å². The van der Waals surface area contributed by atoms with Crippen LogP contribution in [-0.2, 0) is 18.3 Å². The van der Waals surface area contributed by atoms with E-state index < -0.39 is 0 Å². The van der Waals surface area contributed by atoms with Gasteiger partial charge in [0, 0.05) is 46.0 Å². The highest BCUT2D eigenvalue weighted by Crippen LogP contribution is 2.13. The third-order valence-corrected chi connectivity index (χ3v) is 4.39. The van der Waals surface area contributed by atoms with Crippen LogP contribution in [0.1, 0.15) is 26.0 Å². The van der Waals surface area contributed by atoms with E-state index in [0.29, 0.717) is 18.5 Å². The van der Waals surface area contributed by atoms with Crippen LogP contribution in [0.2, 0.25) is 0 Å². The number of hydrogen-bond donors (Lipinski definition) is 2. The lowest BCUT2D eigenvalue weighted by Crippen LogP contribution is -2.51. The number of hydrogen-bond acceptors (Lipinski definition) is 4. The van der Waals surface area contributed by atoms with Crippen LogP contribution in [-0.4, -0.2) is 66.6 Å². The number of ether oxygens (including phenoxy) is 1. The summed E-state index contributed by atoms with van der Waals surface area (Å²) in [6.45, 7) is 9.86. The second-order valence-electron chi connectivity index (χ2n) is 6.68. The maximum Gasteiger partial charge on any atom is 0.191 e. The molecule has 0 spiro atoms. The Bertz CT molecular complexity index is 507. The molecule has 1 aromatic rings. The molecule has 1 unspecified atom stereocenters. The second-order valence-corrected chi connectivity index (χ2v) is 6.68. The maximum atomic E-state index is 5.49. The molecule has 7 nitrogen and oxygen atoms in total. The fraction of sp³-hybridized carbons (Fsp3) is 0.765. The molecule has 0 saturated carbocycles. The molecule has 0 aromatic carbocycles. The zero-order chi connectivity index (χ0) is 17.4. The first-order valence-electron chi connectivity index (χ1n) is 8.83. The molecule has 1 aliphatic rings. The summed E-state index contributed by atoms with van der Waals surface area (Å²) >= 11 is 0. The quantitative estimate of drug-likeness (QED) is 0.570. The number of morpholine rings is 1. The molecule has 2 N–H and O–H groups in total. The van der Waals surface area contributed by atoms with E-state index in [-0.39, 0.29) is 0 Å². The van der Waals surface area contributed by atoms with Gasteiger partial charge in [0.15, 0.2) is 5.96 Å². The smallest absolute Gasteiger partial charge is 0.191 e. The highest BCUT2D eigenvalue weighted by atomic mass is 16.5. The summed E-state index contributed by atoms with van der Waals surface area (Å²) < 4.78 is 7.36. The minimum atomic E-state index is 0.504. The van der Waals surface area contributed by atoms with Gasteiger partial charge < -0.3 is 15.4 Å². The molecule has 2 rings (SSSR count). The molecular formula is C17H32N6O. The van der Waals surface area contributed by atoms with Gasteiger partial charge in [0.25, 0.3) is 0 Å². The van der Waals surface area contributed by atoms with E-state index in [0.717, 1.165) is 44.5 Å². The van der Waals surface area contributed by atoms with E-state index >= 15 is 0 Å². The largest absolute Gasteiger partial charge is 0.379 e. The zero-order valence-corrected chi connectivity index (χ0v) is 15.5. The van der Waals surface area contributed by atoms with E-state index in [1.54, 1.807) is 0 Å². The Balaban J connectivity index is 1.84. The summed E-state index contributed by atoms with van der Waals surface area (Å²) in [7, 11) is 3.76. The third kappa shape index (κ3) is 5.79. The topological polar surface area (TPSA) is 66.7 Å². The van der Waals surface area contributed by atoms with Crippen molar-refractivity contribution < 1.29 is 4.74 Å². The Morgan fingerprint density at radius 3 is 2.67 bits per heavy atom. The fourth-order valence-electron chi connectivity index (χ4n) is 3.03. The van der Waals surface area contributed by atoms with Crippen molar-refractivity contribution in [3.63, 3.8) is 0 Å². The Hall–Kier alpha value is -1.60.